The fourth-order valence-corrected chi connectivity index (χ4v) is 3.05. The molecular formula is C21H13Cl2FN4O. The van der Waals surface area contributed by atoms with E-state index in [1.54, 1.807) is 48.5 Å². The number of hydrogen-bond acceptors (Lipinski definition) is 3. The third-order valence-electron chi connectivity index (χ3n) is 4.05. The first-order valence-electron chi connectivity index (χ1n) is 8.55. The summed E-state index contributed by atoms with van der Waals surface area (Å²) >= 11 is 12.1. The first-order chi connectivity index (χ1) is 14.0. The highest BCUT2D eigenvalue weighted by atomic mass is 35.5. The monoisotopic (exact) mass is 426 g/mol. The van der Waals surface area contributed by atoms with Gasteiger partial charge in [-0.3, -0.25) is 4.79 Å². The van der Waals surface area contributed by atoms with E-state index in [4.69, 9.17) is 23.2 Å². The van der Waals surface area contributed by atoms with Crippen LogP contribution < -0.4 is 5.32 Å². The topological polar surface area (TPSA) is 59.8 Å². The van der Waals surface area contributed by atoms with E-state index in [0.717, 1.165) is 0 Å². The summed E-state index contributed by atoms with van der Waals surface area (Å²) in [6.07, 6.45) is 0. The predicted molar refractivity (Wildman–Crippen MR) is 111 cm³/mol. The van der Waals surface area contributed by atoms with Crippen LogP contribution in [0.3, 0.4) is 0 Å². The van der Waals surface area contributed by atoms with Gasteiger partial charge < -0.3 is 5.32 Å². The van der Waals surface area contributed by atoms with Crippen molar-refractivity contribution in [1.29, 1.82) is 0 Å². The summed E-state index contributed by atoms with van der Waals surface area (Å²) < 4.78 is 14.9. The largest absolute Gasteiger partial charge is 0.319 e. The van der Waals surface area contributed by atoms with Gasteiger partial charge in [0.15, 0.2) is 5.82 Å². The van der Waals surface area contributed by atoms with Gasteiger partial charge in [-0.1, -0.05) is 41.4 Å². The van der Waals surface area contributed by atoms with Gasteiger partial charge in [0, 0.05) is 21.3 Å². The predicted octanol–water partition coefficient (Wildman–Crippen LogP) is 5.63. The average molecular weight is 427 g/mol. The molecule has 29 heavy (non-hydrogen) atoms. The summed E-state index contributed by atoms with van der Waals surface area (Å²) in [5.74, 6) is -0.660. The maximum Gasteiger partial charge on any atom is 0.295 e. The van der Waals surface area contributed by atoms with E-state index in [-0.39, 0.29) is 5.82 Å². The van der Waals surface area contributed by atoms with Crippen molar-refractivity contribution >= 4 is 34.8 Å². The third kappa shape index (κ3) is 4.29. The first-order valence-corrected chi connectivity index (χ1v) is 9.31. The van der Waals surface area contributed by atoms with Crippen LogP contribution in [0.4, 0.5) is 10.1 Å². The number of carbonyl (C=O) groups excluding carboxylic acids is 1. The molecular weight excluding hydrogens is 414 g/mol. The molecule has 0 spiro atoms. The molecule has 5 nitrogen and oxygen atoms in total. The quantitative estimate of drug-likeness (QED) is 0.459. The van der Waals surface area contributed by atoms with E-state index in [1.165, 1.54) is 22.9 Å². The van der Waals surface area contributed by atoms with Crippen molar-refractivity contribution in [3.8, 4) is 17.1 Å². The summed E-state index contributed by atoms with van der Waals surface area (Å²) in [4.78, 5) is 17.0. The van der Waals surface area contributed by atoms with Gasteiger partial charge in [0.25, 0.3) is 5.91 Å². The maximum atomic E-state index is 13.4. The van der Waals surface area contributed by atoms with Crippen molar-refractivity contribution < 1.29 is 9.18 Å². The number of amides is 1. The molecule has 1 heterocycles. The molecule has 3 aromatic carbocycles. The lowest BCUT2D eigenvalue weighted by atomic mass is 10.2. The molecule has 0 atom stereocenters. The smallest absolute Gasteiger partial charge is 0.295 e. The Morgan fingerprint density at radius 2 is 1.69 bits per heavy atom. The standard InChI is InChI=1S/C21H13Cl2FN4O/c22-14-7-9-18(10-8-14)28-20(13-3-1-4-15(23)11-13)26-19(27-28)21(29)25-17-6-2-5-16(24)12-17/h1-12H,(H,25,29). The Hall–Kier alpha value is -3.22. The fraction of sp³-hybridized carbons (Fsp3) is 0. The third-order valence-corrected chi connectivity index (χ3v) is 4.53. The summed E-state index contributed by atoms with van der Waals surface area (Å²) in [5, 5.41) is 8.05. The van der Waals surface area contributed by atoms with E-state index in [9.17, 15) is 9.18 Å². The molecule has 0 fully saturated rings. The lowest BCUT2D eigenvalue weighted by Gasteiger charge is -2.06. The lowest BCUT2D eigenvalue weighted by molar-refractivity contribution is 0.101. The zero-order valence-electron chi connectivity index (χ0n) is 14.8. The molecule has 0 aliphatic rings. The van der Waals surface area contributed by atoms with Crippen LogP contribution in [0.15, 0.2) is 72.8 Å². The Morgan fingerprint density at radius 3 is 2.41 bits per heavy atom. The molecule has 0 radical (unpaired) electrons. The van der Waals surface area contributed by atoms with Gasteiger partial charge in [-0.2, -0.15) is 0 Å². The van der Waals surface area contributed by atoms with Gasteiger partial charge in [0.05, 0.1) is 5.69 Å². The number of halogens is 3. The summed E-state index contributed by atoms with van der Waals surface area (Å²) in [7, 11) is 0. The van der Waals surface area contributed by atoms with Crippen LogP contribution in [0.2, 0.25) is 10.0 Å². The minimum atomic E-state index is -0.563. The van der Waals surface area contributed by atoms with E-state index >= 15 is 0 Å². The van der Waals surface area contributed by atoms with Crippen LogP contribution in [-0.4, -0.2) is 20.7 Å². The van der Waals surface area contributed by atoms with Crippen LogP contribution in [0, 0.1) is 5.82 Å². The molecule has 8 heteroatoms. The SMILES string of the molecule is O=C(Nc1cccc(F)c1)c1nc(-c2cccc(Cl)c2)n(-c2ccc(Cl)cc2)n1. The Morgan fingerprint density at radius 1 is 0.931 bits per heavy atom. The highest BCUT2D eigenvalue weighted by Gasteiger charge is 2.19. The van der Waals surface area contributed by atoms with Crippen LogP contribution in [0.5, 0.6) is 0 Å². The van der Waals surface area contributed by atoms with Gasteiger partial charge >= 0.3 is 0 Å². The normalized spacial score (nSPS) is 10.7. The molecule has 0 bridgehead atoms. The average Bonchev–Trinajstić information content (AvgIpc) is 3.14. The minimum absolute atomic E-state index is 0.0702. The van der Waals surface area contributed by atoms with Crippen molar-refractivity contribution in [1.82, 2.24) is 14.8 Å². The second-order valence-electron chi connectivity index (χ2n) is 6.12. The van der Waals surface area contributed by atoms with Gasteiger partial charge in [0.1, 0.15) is 5.82 Å². The lowest BCUT2D eigenvalue weighted by Crippen LogP contribution is -2.14. The molecule has 1 N–H and O–H groups in total. The fourth-order valence-electron chi connectivity index (χ4n) is 2.74. The first kappa shape index (κ1) is 19.1. The van der Waals surface area contributed by atoms with Crippen molar-refractivity contribution in [3.05, 3.63) is 94.5 Å². The maximum absolute atomic E-state index is 13.4. The molecule has 1 aromatic heterocycles. The molecule has 0 aliphatic carbocycles. The molecule has 0 aliphatic heterocycles. The summed E-state index contributed by atoms with van der Waals surface area (Å²) in [5.41, 5.74) is 1.66. The number of nitrogens with one attached hydrogen (secondary N) is 1. The molecule has 4 rings (SSSR count). The number of benzene rings is 3. The molecule has 1 amide bonds. The Balaban J connectivity index is 1.76. The number of anilines is 1. The van der Waals surface area contributed by atoms with E-state index in [0.29, 0.717) is 32.8 Å². The zero-order chi connectivity index (χ0) is 20.4. The number of carbonyl (C=O) groups is 1. The van der Waals surface area contributed by atoms with Crippen LogP contribution in [-0.2, 0) is 0 Å². The number of nitrogens with zero attached hydrogens (tertiary/aromatic N) is 3. The zero-order valence-corrected chi connectivity index (χ0v) is 16.3. The van der Waals surface area contributed by atoms with Crippen LogP contribution in [0.1, 0.15) is 10.6 Å². The molecule has 4 aromatic rings. The molecule has 144 valence electrons. The van der Waals surface area contributed by atoms with E-state index < -0.39 is 11.7 Å². The molecule has 0 saturated carbocycles. The van der Waals surface area contributed by atoms with Gasteiger partial charge in [-0.25, -0.2) is 14.1 Å². The van der Waals surface area contributed by atoms with Crippen molar-refractivity contribution in [2.75, 3.05) is 5.32 Å². The van der Waals surface area contributed by atoms with Gasteiger partial charge in [-0.05, 0) is 54.6 Å². The van der Waals surface area contributed by atoms with Crippen molar-refractivity contribution in [2.45, 2.75) is 0 Å². The molecule has 0 unspecified atom stereocenters. The minimum Gasteiger partial charge on any atom is -0.319 e. The second kappa shape index (κ2) is 8.03. The Kier molecular flexibility index (Phi) is 5.29. The van der Waals surface area contributed by atoms with Crippen molar-refractivity contribution in [2.24, 2.45) is 0 Å². The van der Waals surface area contributed by atoms with Crippen LogP contribution >= 0.6 is 23.2 Å². The number of rotatable bonds is 4. The van der Waals surface area contributed by atoms with Gasteiger partial charge in [-0.15, -0.1) is 5.10 Å². The van der Waals surface area contributed by atoms with Crippen LogP contribution in [0.25, 0.3) is 17.1 Å². The van der Waals surface area contributed by atoms with Gasteiger partial charge in [0.2, 0.25) is 5.82 Å². The molecule has 0 saturated heterocycles. The number of hydrogen-bond donors (Lipinski definition) is 1. The Labute approximate surface area is 175 Å². The second-order valence-corrected chi connectivity index (χ2v) is 6.99. The van der Waals surface area contributed by atoms with Crippen molar-refractivity contribution in [3.63, 3.8) is 0 Å². The highest BCUT2D eigenvalue weighted by molar-refractivity contribution is 6.31. The number of aromatic nitrogens is 3. The highest BCUT2D eigenvalue weighted by Crippen LogP contribution is 2.25. The summed E-state index contributed by atoms with van der Waals surface area (Å²) in [6.45, 7) is 0. The van der Waals surface area contributed by atoms with E-state index in [1.807, 2.05) is 6.07 Å². The Bertz CT molecular complexity index is 1190. The van der Waals surface area contributed by atoms with E-state index in [2.05, 4.69) is 15.4 Å². The summed E-state index contributed by atoms with van der Waals surface area (Å²) in [6, 6.07) is 19.6.